The average Bonchev–Trinajstić information content (AvgIpc) is 3.54. The summed E-state index contributed by atoms with van der Waals surface area (Å²) in [7, 11) is 0. The van der Waals surface area contributed by atoms with Crippen molar-refractivity contribution in [2.45, 2.75) is 52.0 Å². The Hall–Kier alpha value is -3.13. The number of rotatable bonds is 7. The number of benzene rings is 1. The van der Waals surface area contributed by atoms with Gasteiger partial charge in [0.2, 0.25) is 5.89 Å². The van der Waals surface area contributed by atoms with Crippen molar-refractivity contribution in [2.75, 3.05) is 6.54 Å². The van der Waals surface area contributed by atoms with E-state index in [0.717, 1.165) is 30.0 Å². The Morgan fingerprint density at radius 2 is 2.12 bits per heavy atom. The summed E-state index contributed by atoms with van der Waals surface area (Å²) in [5, 5.41) is 11.3. The quantitative estimate of drug-likeness (QED) is 0.380. The van der Waals surface area contributed by atoms with Gasteiger partial charge in [-0.1, -0.05) is 43.8 Å². The monoisotopic (exact) mass is 449 g/mol. The van der Waals surface area contributed by atoms with Gasteiger partial charge in [0.25, 0.3) is 11.8 Å². The van der Waals surface area contributed by atoms with Gasteiger partial charge in [-0.2, -0.15) is 0 Å². The molecule has 0 aliphatic carbocycles. The molecule has 0 radical (unpaired) electrons. The molecule has 166 valence electrons. The Bertz CT molecular complexity index is 1130. The number of aliphatic imine (C=N–C) groups is 1. The minimum atomic E-state index is -0.183. The number of hydrogen-bond acceptors (Lipinski definition) is 7. The van der Waals surface area contributed by atoms with Crippen LogP contribution in [0, 0.1) is 6.92 Å². The van der Waals surface area contributed by atoms with E-state index in [4.69, 9.17) is 4.42 Å². The first-order chi connectivity index (χ1) is 15.4. The number of carbonyl (C=O) groups is 1. The van der Waals surface area contributed by atoms with Crippen LogP contribution < -0.4 is 0 Å². The van der Waals surface area contributed by atoms with E-state index >= 15 is 0 Å². The first-order valence-corrected chi connectivity index (χ1v) is 11.6. The molecule has 1 saturated heterocycles. The topological polar surface area (TPSA) is 84.5 Å². The molecule has 2 aromatic heterocycles. The predicted octanol–water partition coefficient (Wildman–Crippen LogP) is 4.87. The summed E-state index contributed by atoms with van der Waals surface area (Å²) >= 11 is 1.59. The zero-order valence-electron chi connectivity index (χ0n) is 18.6. The van der Waals surface area contributed by atoms with Crippen molar-refractivity contribution >= 4 is 23.0 Å². The molecule has 1 aromatic carbocycles. The summed E-state index contributed by atoms with van der Waals surface area (Å²) in [4.78, 5) is 23.8. The molecule has 8 heteroatoms. The standard InChI is InChI=1S/C24H27N5O2S/c1-15(13-19-9-6-5-7-10-19)21-27-28-22(31-21)17(3)26-18(4)24(30)29-12-8-11-20(29)23-25-16(2)14-32-23/h5-7,9-10,14-15,20H,4,8,11-13H2,1-3H3/b26-17+/t15-,20+/m0/s1. The van der Waals surface area contributed by atoms with Crippen LogP contribution in [0.15, 0.2) is 57.4 Å². The number of likely N-dealkylation sites (tertiary alicyclic amines) is 1. The summed E-state index contributed by atoms with van der Waals surface area (Å²) in [5.74, 6) is 0.747. The van der Waals surface area contributed by atoms with Gasteiger partial charge in [-0.3, -0.25) is 4.79 Å². The third-order valence-corrected chi connectivity index (χ3v) is 6.61. The SMILES string of the molecule is C=C(/N=C(\C)c1nnc([C@@H](C)Cc2ccccc2)o1)C(=O)N1CCC[C@@H]1c1nc(C)cs1. The van der Waals surface area contributed by atoms with Crippen molar-refractivity contribution in [2.24, 2.45) is 4.99 Å². The van der Waals surface area contributed by atoms with Crippen molar-refractivity contribution in [1.82, 2.24) is 20.1 Å². The van der Waals surface area contributed by atoms with E-state index in [9.17, 15) is 4.79 Å². The van der Waals surface area contributed by atoms with Crippen molar-refractivity contribution in [3.05, 3.63) is 76.0 Å². The summed E-state index contributed by atoms with van der Waals surface area (Å²) in [6.07, 6.45) is 2.65. The van der Waals surface area contributed by atoms with Gasteiger partial charge in [-0.15, -0.1) is 21.5 Å². The molecule has 1 amide bonds. The van der Waals surface area contributed by atoms with Gasteiger partial charge in [0.1, 0.15) is 16.4 Å². The number of hydrogen-bond donors (Lipinski definition) is 0. The van der Waals surface area contributed by atoms with E-state index < -0.39 is 0 Å². The third kappa shape index (κ3) is 4.85. The molecule has 4 rings (SSSR count). The molecule has 7 nitrogen and oxygen atoms in total. The van der Waals surface area contributed by atoms with Crippen molar-refractivity contribution in [3.63, 3.8) is 0 Å². The highest BCUT2D eigenvalue weighted by atomic mass is 32.1. The van der Waals surface area contributed by atoms with Gasteiger partial charge in [-0.05, 0) is 38.7 Å². The Kier molecular flexibility index (Phi) is 6.60. The molecule has 1 aliphatic rings. The van der Waals surface area contributed by atoms with Gasteiger partial charge in [0.05, 0.1) is 6.04 Å². The molecule has 0 unspecified atom stereocenters. The van der Waals surface area contributed by atoms with Crippen LogP contribution >= 0.6 is 11.3 Å². The van der Waals surface area contributed by atoms with Crippen molar-refractivity contribution in [3.8, 4) is 0 Å². The lowest BCUT2D eigenvalue weighted by Gasteiger charge is -2.23. The van der Waals surface area contributed by atoms with Gasteiger partial charge >= 0.3 is 0 Å². The number of carbonyl (C=O) groups excluding carboxylic acids is 1. The van der Waals surface area contributed by atoms with Crippen LogP contribution in [0.4, 0.5) is 0 Å². The molecule has 0 saturated carbocycles. The van der Waals surface area contributed by atoms with Gasteiger partial charge < -0.3 is 9.32 Å². The Labute approximate surface area is 191 Å². The fraction of sp³-hybridized carbons (Fsp3) is 0.375. The summed E-state index contributed by atoms with van der Waals surface area (Å²) in [5.41, 5.74) is 2.83. The predicted molar refractivity (Wildman–Crippen MR) is 125 cm³/mol. The smallest absolute Gasteiger partial charge is 0.272 e. The lowest BCUT2D eigenvalue weighted by atomic mass is 10.0. The van der Waals surface area contributed by atoms with Crippen LogP contribution in [0.1, 0.15) is 66.7 Å². The number of thiazole rings is 1. The fourth-order valence-corrected chi connectivity index (χ4v) is 4.83. The fourth-order valence-electron chi connectivity index (χ4n) is 3.89. The Morgan fingerprint density at radius 3 is 2.84 bits per heavy atom. The summed E-state index contributed by atoms with van der Waals surface area (Å²) < 4.78 is 5.85. The van der Waals surface area contributed by atoms with E-state index in [2.05, 4.69) is 38.9 Å². The van der Waals surface area contributed by atoms with E-state index in [0.29, 0.717) is 24.0 Å². The number of aryl methyl sites for hydroxylation is 1. The van der Waals surface area contributed by atoms with Gasteiger partial charge in [0.15, 0.2) is 0 Å². The maximum Gasteiger partial charge on any atom is 0.272 e. The first kappa shape index (κ1) is 22.1. The van der Waals surface area contributed by atoms with Crippen LogP contribution in [0.5, 0.6) is 0 Å². The highest BCUT2D eigenvalue weighted by molar-refractivity contribution is 7.09. The molecular formula is C24H27N5O2S. The second-order valence-corrected chi connectivity index (χ2v) is 9.05. The zero-order valence-corrected chi connectivity index (χ0v) is 19.4. The summed E-state index contributed by atoms with van der Waals surface area (Å²) in [6, 6.07) is 10.2. The average molecular weight is 450 g/mol. The summed E-state index contributed by atoms with van der Waals surface area (Å²) in [6.45, 7) is 10.4. The van der Waals surface area contributed by atoms with Crippen molar-refractivity contribution < 1.29 is 9.21 Å². The minimum absolute atomic E-state index is 0.0118. The maximum absolute atomic E-state index is 13.0. The lowest BCUT2D eigenvalue weighted by Crippen LogP contribution is -2.31. The highest BCUT2D eigenvalue weighted by Gasteiger charge is 2.33. The number of nitrogens with zero attached hydrogens (tertiary/aromatic N) is 5. The zero-order chi connectivity index (χ0) is 22.7. The van der Waals surface area contributed by atoms with E-state index in [1.807, 2.05) is 42.3 Å². The number of aromatic nitrogens is 3. The molecular weight excluding hydrogens is 422 g/mol. The lowest BCUT2D eigenvalue weighted by molar-refractivity contribution is -0.128. The molecule has 0 N–H and O–H groups in total. The molecule has 0 bridgehead atoms. The normalized spacial score (nSPS) is 17.5. The van der Waals surface area contributed by atoms with Gasteiger partial charge in [-0.25, -0.2) is 9.98 Å². The maximum atomic E-state index is 13.0. The number of amides is 1. The van der Waals surface area contributed by atoms with Crippen LogP contribution in [-0.2, 0) is 11.2 Å². The van der Waals surface area contributed by atoms with Crippen molar-refractivity contribution in [1.29, 1.82) is 0 Å². The minimum Gasteiger partial charge on any atom is -0.419 e. The van der Waals surface area contributed by atoms with Gasteiger partial charge in [0, 0.05) is 23.5 Å². The Balaban J connectivity index is 1.43. The third-order valence-electron chi connectivity index (χ3n) is 5.54. The van der Waals surface area contributed by atoms with Crippen LogP contribution in [-0.4, -0.2) is 38.2 Å². The first-order valence-electron chi connectivity index (χ1n) is 10.8. The largest absolute Gasteiger partial charge is 0.419 e. The molecule has 2 atom stereocenters. The second kappa shape index (κ2) is 9.56. The van der Waals surface area contributed by atoms with E-state index in [1.165, 1.54) is 5.56 Å². The highest BCUT2D eigenvalue weighted by Crippen LogP contribution is 2.34. The molecule has 3 heterocycles. The van der Waals surface area contributed by atoms with Crippen LogP contribution in [0.3, 0.4) is 0 Å². The molecule has 3 aromatic rings. The molecule has 1 aliphatic heterocycles. The second-order valence-electron chi connectivity index (χ2n) is 8.16. The Morgan fingerprint density at radius 1 is 1.34 bits per heavy atom. The van der Waals surface area contributed by atoms with E-state index in [1.54, 1.807) is 18.3 Å². The molecule has 0 spiro atoms. The van der Waals surface area contributed by atoms with E-state index in [-0.39, 0.29) is 23.6 Å². The van der Waals surface area contributed by atoms with Crippen LogP contribution in [0.25, 0.3) is 0 Å². The van der Waals surface area contributed by atoms with Crippen LogP contribution in [0.2, 0.25) is 0 Å². The molecule has 32 heavy (non-hydrogen) atoms. The molecule has 1 fully saturated rings.